The van der Waals surface area contributed by atoms with Crippen LogP contribution in [0.4, 0.5) is 13.2 Å². The fourth-order valence-corrected chi connectivity index (χ4v) is 10.0. The first kappa shape index (κ1) is 63.2. The number of ketones is 2. The molecule has 1 aliphatic heterocycles. The molecule has 2 aromatic rings. The summed E-state index contributed by atoms with van der Waals surface area (Å²) in [7, 11) is 6.94. The van der Waals surface area contributed by atoms with Crippen molar-refractivity contribution in [1.82, 2.24) is 14.7 Å². The van der Waals surface area contributed by atoms with Crippen molar-refractivity contribution >= 4 is 41.4 Å². The number of alkyl halides is 3. The van der Waals surface area contributed by atoms with E-state index in [4.69, 9.17) is 24.5 Å². The van der Waals surface area contributed by atoms with Crippen molar-refractivity contribution in [3.63, 3.8) is 0 Å². The van der Waals surface area contributed by atoms with Gasteiger partial charge < -0.3 is 29.5 Å². The zero-order valence-electron chi connectivity index (χ0n) is 44.6. The van der Waals surface area contributed by atoms with Crippen LogP contribution >= 0.6 is 0 Å². The van der Waals surface area contributed by atoms with E-state index in [0.717, 1.165) is 49.7 Å². The molecule has 0 bridgehead atoms. The number of hydrogen-bond donors (Lipinski definition) is 2. The van der Waals surface area contributed by atoms with E-state index in [2.05, 4.69) is 55.2 Å². The Morgan fingerprint density at radius 2 is 1.40 bits per heavy atom. The maximum absolute atomic E-state index is 14.6. The Labute approximate surface area is 426 Å². The summed E-state index contributed by atoms with van der Waals surface area (Å²) in [5, 5.41) is 16.1. The van der Waals surface area contributed by atoms with E-state index >= 15 is 0 Å². The summed E-state index contributed by atoms with van der Waals surface area (Å²) in [5.41, 5.74) is 2.24. The van der Waals surface area contributed by atoms with Gasteiger partial charge in [-0.1, -0.05) is 134 Å². The highest BCUT2D eigenvalue weighted by atomic mass is 19.4. The van der Waals surface area contributed by atoms with Gasteiger partial charge in [-0.2, -0.15) is 13.2 Å². The van der Waals surface area contributed by atoms with E-state index in [9.17, 15) is 37.1 Å². The largest absolute Gasteiger partial charge is 0.490 e. The molecule has 3 rings (SSSR count). The maximum Gasteiger partial charge on any atom is 0.490 e. The SMILES string of the molecule is CC[C@H](C)[C@@H]([C@@H](CC(=O)N1CCC[C@H]1[C@H](OC)[C@@H](C)C(=O)C[C@H](/C=C/c1ccccc1)Cc1ccccc1)OC)N(C)C(=O)[C@@H](CC(=O)[C@H](C(C)C)N(C)CCCCCC(=O)O)C(C)C.O=C(O)C(F)(F)F. The fourth-order valence-electron chi connectivity index (χ4n) is 10.0. The summed E-state index contributed by atoms with van der Waals surface area (Å²) < 4.78 is 44.0. The number of likely N-dealkylation sites (N-methyl/N-ethyl adjacent to an activating group) is 2. The van der Waals surface area contributed by atoms with Crippen LogP contribution in [0.5, 0.6) is 0 Å². The van der Waals surface area contributed by atoms with E-state index in [-0.39, 0.29) is 78.4 Å². The summed E-state index contributed by atoms with van der Waals surface area (Å²) in [5.74, 6) is -4.82. The first-order valence-corrected chi connectivity index (χ1v) is 25.6. The summed E-state index contributed by atoms with van der Waals surface area (Å²) in [6.07, 6.45) is 3.81. The summed E-state index contributed by atoms with van der Waals surface area (Å²) in [6, 6.07) is 19.2. The van der Waals surface area contributed by atoms with Gasteiger partial charge in [0.1, 0.15) is 5.78 Å². The number of rotatable bonds is 30. The standard InChI is InChI=1S/C54H83N3O8.C2HF3O2/c1-12-39(6)52(56(9)54(63)44(37(2)3)35-47(59)51(38(4)5)55(8)31-21-15-20-28-50(61)62)48(64-10)36-49(60)57-32-22-27-45(57)53(65-11)40(7)46(58)34-43(33-42-25-18-14-19-26-42)30-29-41-23-16-13-17-24-41;3-2(4,5)1(6)7/h13-14,16-19,23-26,29-30,37-40,43-45,48,51-53H,12,15,20-22,27-28,31-36H2,1-11H3,(H,61,62);(H,6,7)/b30-29+;/t39-,40-,43+,44-,45-,48+,51-,52-,53+;/m0./s1. The molecule has 1 saturated heterocycles. The van der Waals surface area contributed by atoms with E-state index in [1.54, 1.807) is 26.2 Å². The smallest absolute Gasteiger partial charge is 0.481 e. The third kappa shape index (κ3) is 20.5. The molecule has 0 radical (unpaired) electrons. The molecule has 0 aliphatic carbocycles. The third-order valence-corrected chi connectivity index (χ3v) is 14.1. The van der Waals surface area contributed by atoms with Crippen LogP contribution in [-0.2, 0) is 44.7 Å². The zero-order valence-corrected chi connectivity index (χ0v) is 44.6. The van der Waals surface area contributed by atoms with Crippen molar-refractivity contribution in [2.75, 3.05) is 41.4 Å². The molecule has 1 aliphatic rings. The van der Waals surface area contributed by atoms with Crippen LogP contribution in [0.2, 0.25) is 0 Å². The highest BCUT2D eigenvalue weighted by Gasteiger charge is 2.43. The first-order chi connectivity index (χ1) is 33.9. The van der Waals surface area contributed by atoms with Crippen LogP contribution in [0.15, 0.2) is 66.7 Å². The molecule has 1 heterocycles. The predicted molar refractivity (Wildman–Crippen MR) is 274 cm³/mol. The van der Waals surface area contributed by atoms with Gasteiger partial charge in [-0.25, -0.2) is 4.79 Å². The maximum atomic E-state index is 14.6. The van der Waals surface area contributed by atoms with Crippen molar-refractivity contribution < 1.29 is 61.6 Å². The molecule has 2 amide bonds. The normalized spacial score (nSPS) is 17.4. The Bertz CT molecular complexity index is 2000. The molecule has 2 N–H and O–H groups in total. The highest BCUT2D eigenvalue weighted by molar-refractivity contribution is 5.90. The van der Waals surface area contributed by atoms with Crippen LogP contribution in [0, 0.1) is 35.5 Å². The van der Waals surface area contributed by atoms with Gasteiger partial charge in [-0.3, -0.25) is 28.9 Å². The molecule has 404 valence electrons. The van der Waals surface area contributed by atoms with Crippen molar-refractivity contribution in [3.05, 3.63) is 77.9 Å². The number of likely N-dealkylation sites (tertiary alicyclic amines) is 1. The van der Waals surface area contributed by atoms with Gasteiger partial charge in [-0.05, 0) is 80.5 Å². The monoisotopic (exact) mass is 1020 g/mol. The van der Waals surface area contributed by atoms with Gasteiger partial charge in [0.15, 0.2) is 5.78 Å². The number of nitrogens with zero attached hydrogens (tertiary/aromatic N) is 3. The van der Waals surface area contributed by atoms with Gasteiger partial charge in [-0.15, -0.1) is 0 Å². The van der Waals surface area contributed by atoms with E-state index in [0.29, 0.717) is 25.9 Å². The van der Waals surface area contributed by atoms with Gasteiger partial charge in [0.25, 0.3) is 0 Å². The average Bonchev–Trinajstić information content (AvgIpc) is 3.82. The number of carbonyl (C=O) groups excluding carboxylic acids is 4. The Balaban J connectivity index is 0.00000235. The fraction of sp³-hybridized carbons (Fsp3) is 0.643. The molecule has 0 spiro atoms. The number of unbranched alkanes of at least 4 members (excludes halogenated alkanes) is 2. The van der Waals surface area contributed by atoms with Gasteiger partial charge in [0, 0.05) is 58.9 Å². The third-order valence-electron chi connectivity index (χ3n) is 14.1. The number of aliphatic carboxylic acids is 2. The Hall–Kier alpha value is -4.93. The predicted octanol–water partition coefficient (Wildman–Crippen LogP) is 9.90. The molecule has 0 saturated carbocycles. The number of carboxylic acids is 2. The minimum atomic E-state index is -5.08. The summed E-state index contributed by atoms with van der Waals surface area (Å²) in [6.45, 7) is 15.3. The number of benzene rings is 2. The van der Waals surface area contributed by atoms with Crippen LogP contribution in [0.25, 0.3) is 6.08 Å². The molecule has 9 atom stereocenters. The molecule has 0 unspecified atom stereocenters. The second kappa shape index (κ2) is 31.6. The highest BCUT2D eigenvalue weighted by Crippen LogP contribution is 2.32. The number of carboxylic acid groups (broad SMARTS) is 2. The second-order valence-electron chi connectivity index (χ2n) is 20.2. The quantitative estimate of drug-likeness (QED) is 0.0714. The number of halogens is 3. The zero-order chi connectivity index (χ0) is 54.3. The lowest BCUT2D eigenvalue weighted by Gasteiger charge is -2.41. The van der Waals surface area contributed by atoms with Crippen molar-refractivity contribution in [1.29, 1.82) is 0 Å². The number of methoxy groups -OCH3 is 2. The lowest BCUT2D eigenvalue weighted by molar-refractivity contribution is -0.192. The van der Waals surface area contributed by atoms with Crippen molar-refractivity contribution in [3.8, 4) is 0 Å². The second-order valence-corrected chi connectivity index (χ2v) is 20.2. The summed E-state index contributed by atoms with van der Waals surface area (Å²) >= 11 is 0. The topological polar surface area (TPSA) is 171 Å². The van der Waals surface area contributed by atoms with Crippen molar-refractivity contribution in [2.45, 2.75) is 156 Å². The molecule has 72 heavy (non-hydrogen) atoms. The van der Waals surface area contributed by atoms with Crippen LogP contribution < -0.4 is 0 Å². The van der Waals surface area contributed by atoms with Crippen LogP contribution in [0.1, 0.15) is 124 Å². The molecule has 2 aromatic carbocycles. The number of Topliss-reactive ketones (excluding diaryl/α,β-unsaturated/α-hetero) is 2. The average molecular weight is 1020 g/mol. The molecule has 16 heteroatoms. The van der Waals surface area contributed by atoms with Gasteiger partial charge >= 0.3 is 18.1 Å². The molecule has 0 aromatic heterocycles. The minimum Gasteiger partial charge on any atom is -0.481 e. The Kier molecular flexibility index (Phi) is 27.7. The molecule has 1 fully saturated rings. The number of amides is 2. The van der Waals surface area contributed by atoms with E-state index < -0.39 is 48.2 Å². The van der Waals surface area contributed by atoms with Crippen molar-refractivity contribution in [2.24, 2.45) is 35.5 Å². The summed E-state index contributed by atoms with van der Waals surface area (Å²) in [4.78, 5) is 82.9. The number of ether oxygens (including phenoxy) is 2. The van der Waals surface area contributed by atoms with E-state index in [1.165, 1.54) is 0 Å². The van der Waals surface area contributed by atoms with Gasteiger partial charge in [0.05, 0.1) is 36.8 Å². The van der Waals surface area contributed by atoms with E-state index in [1.807, 2.05) is 83.0 Å². The molecular formula is C56H84F3N3O10. The number of hydrogen-bond acceptors (Lipinski definition) is 9. The van der Waals surface area contributed by atoms with Gasteiger partial charge in [0.2, 0.25) is 11.8 Å². The lowest BCUT2D eigenvalue weighted by Crippen LogP contribution is -2.54. The lowest BCUT2D eigenvalue weighted by atomic mass is 9.83. The van der Waals surface area contributed by atoms with Crippen LogP contribution in [0.3, 0.4) is 0 Å². The number of allylic oxidation sites excluding steroid dienone is 1. The molecular weight excluding hydrogens is 932 g/mol. The minimum absolute atomic E-state index is 0.0144. The van der Waals surface area contributed by atoms with Crippen LogP contribution in [-0.4, -0.2) is 138 Å². The Morgan fingerprint density at radius 1 is 0.806 bits per heavy atom. The number of carbonyl (C=O) groups is 6. The Morgan fingerprint density at radius 3 is 1.92 bits per heavy atom. The first-order valence-electron chi connectivity index (χ1n) is 25.6. The molecule has 13 nitrogen and oxygen atoms in total.